The van der Waals surface area contributed by atoms with Gasteiger partial charge in [0.2, 0.25) is 5.91 Å². The number of hydrogen-bond donors (Lipinski definition) is 2. The number of aryl methyl sites for hydroxylation is 1. The van der Waals surface area contributed by atoms with Crippen molar-refractivity contribution >= 4 is 23.2 Å². The monoisotopic (exact) mass is 238 g/mol. The Morgan fingerprint density at radius 2 is 2.31 bits per heavy atom. The van der Waals surface area contributed by atoms with E-state index < -0.39 is 0 Å². The summed E-state index contributed by atoms with van der Waals surface area (Å²) >= 11 is 5.94. The number of rotatable bonds is 5. The summed E-state index contributed by atoms with van der Waals surface area (Å²) in [6, 6.07) is 5.43. The van der Waals surface area contributed by atoms with Gasteiger partial charge in [-0.3, -0.25) is 4.79 Å². The Morgan fingerprint density at radius 3 is 2.94 bits per heavy atom. The van der Waals surface area contributed by atoms with Crippen LogP contribution in [0.3, 0.4) is 0 Å². The molecule has 16 heavy (non-hydrogen) atoms. The summed E-state index contributed by atoms with van der Waals surface area (Å²) in [5, 5.41) is 6.32. The summed E-state index contributed by atoms with van der Waals surface area (Å²) in [5.74, 6) is -0.0956. The quantitative estimate of drug-likeness (QED) is 0.611. The minimum atomic E-state index is -0.0956. The van der Waals surface area contributed by atoms with Gasteiger partial charge >= 0.3 is 0 Å². The Hall–Kier alpha value is -1.32. The van der Waals surface area contributed by atoms with E-state index in [0.29, 0.717) is 17.3 Å². The molecule has 2 N–H and O–H groups in total. The molecule has 0 radical (unpaired) electrons. The van der Waals surface area contributed by atoms with Crippen molar-refractivity contribution in [3.63, 3.8) is 0 Å². The van der Waals surface area contributed by atoms with E-state index in [-0.39, 0.29) is 12.5 Å². The van der Waals surface area contributed by atoms with Crippen molar-refractivity contribution in [3.8, 4) is 0 Å². The number of nitrogens with one attached hydrogen (secondary N) is 2. The molecule has 3 nitrogen and oxygen atoms in total. The molecule has 0 heterocycles. The maximum Gasteiger partial charge on any atom is 0.238 e. The van der Waals surface area contributed by atoms with Gasteiger partial charge in [-0.1, -0.05) is 23.7 Å². The van der Waals surface area contributed by atoms with Crippen molar-refractivity contribution in [2.75, 3.05) is 18.4 Å². The average Bonchev–Trinajstić information content (AvgIpc) is 2.24. The predicted molar refractivity (Wildman–Crippen MR) is 67.9 cm³/mol. The van der Waals surface area contributed by atoms with Gasteiger partial charge in [-0.2, -0.15) is 0 Å². The summed E-state index contributed by atoms with van der Waals surface area (Å²) in [6.45, 7) is 6.34. The van der Waals surface area contributed by atoms with E-state index in [1.165, 1.54) is 0 Å². The van der Waals surface area contributed by atoms with Gasteiger partial charge in [0.15, 0.2) is 0 Å². The van der Waals surface area contributed by atoms with Crippen LogP contribution in [0, 0.1) is 6.92 Å². The van der Waals surface area contributed by atoms with E-state index >= 15 is 0 Å². The third kappa shape index (κ3) is 4.04. The van der Waals surface area contributed by atoms with Crippen LogP contribution >= 0.6 is 11.6 Å². The molecule has 86 valence electrons. The van der Waals surface area contributed by atoms with Crippen molar-refractivity contribution in [1.82, 2.24) is 5.32 Å². The van der Waals surface area contributed by atoms with E-state index in [1.807, 2.05) is 19.1 Å². The zero-order valence-electron chi connectivity index (χ0n) is 9.22. The third-order valence-electron chi connectivity index (χ3n) is 2.03. The molecule has 0 aliphatic rings. The van der Waals surface area contributed by atoms with Crippen LogP contribution in [0.4, 0.5) is 5.69 Å². The van der Waals surface area contributed by atoms with Crippen LogP contribution in [0.15, 0.2) is 30.9 Å². The molecule has 0 aromatic heterocycles. The number of benzene rings is 1. The van der Waals surface area contributed by atoms with Crippen molar-refractivity contribution in [3.05, 3.63) is 41.4 Å². The van der Waals surface area contributed by atoms with Crippen LogP contribution in [0.2, 0.25) is 5.02 Å². The molecule has 0 atom stereocenters. The zero-order valence-corrected chi connectivity index (χ0v) is 9.97. The molecule has 1 rings (SSSR count). The molecular weight excluding hydrogens is 224 g/mol. The SMILES string of the molecule is C=CCNCC(=O)Nc1ccc(C)c(Cl)c1. The summed E-state index contributed by atoms with van der Waals surface area (Å²) in [7, 11) is 0. The van der Waals surface area contributed by atoms with Gasteiger partial charge in [0.25, 0.3) is 0 Å². The average molecular weight is 239 g/mol. The van der Waals surface area contributed by atoms with Crippen LogP contribution in [0.5, 0.6) is 0 Å². The number of amides is 1. The maximum atomic E-state index is 11.4. The van der Waals surface area contributed by atoms with Crippen molar-refractivity contribution < 1.29 is 4.79 Å². The first kappa shape index (κ1) is 12.7. The fourth-order valence-corrected chi connectivity index (χ4v) is 1.34. The Morgan fingerprint density at radius 1 is 1.56 bits per heavy atom. The molecular formula is C12H15ClN2O. The molecule has 1 aromatic carbocycles. The van der Waals surface area contributed by atoms with Gasteiger partial charge in [0.05, 0.1) is 6.54 Å². The molecule has 0 saturated carbocycles. The Balaban J connectivity index is 2.49. The molecule has 0 aliphatic carbocycles. The second-order valence-corrected chi connectivity index (χ2v) is 3.84. The van der Waals surface area contributed by atoms with Gasteiger partial charge in [-0.05, 0) is 24.6 Å². The van der Waals surface area contributed by atoms with Crippen molar-refractivity contribution in [2.45, 2.75) is 6.92 Å². The lowest BCUT2D eigenvalue weighted by atomic mass is 10.2. The molecule has 0 bridgehead atoms. The number of anilines is 1. The van der Waals surface area contributed by atoms with Gasteiger partial charge in [0, 0.05) is 17.3 Å². The minimum absolute atomic E-state index is 0.0956. The molecule has 0 saturated heterocycles. The molecule has 0 aliphatic heterocycles. The van der Waals surface area contributed by atoms with Crippen LogP contribution in [0.1, 0.15) is 5.56 Å². The van der Waals surface area contributed by atoms with Gasteiger partial charge in [0.1, 0.15) is 0 Å². The van der Waals surface area contributed by atoms with E-state index in [2.05, 4.69) is 17.2 Å². The first-order chi connectivity index (χ1) is 7.63. The van der Waals surface area contributed by atoms with Crippen LogP contribution in [0.25, 0.3) is 0 Å². The van der Waals surface area contributed by atoms with Crippen LogP contribution in [-0.4, -0.2) is 19.0 Å². The Bertz CT molecular complexity index is 391. The molecule has 4 heteroatoms. The highest BCUT2D eigenvalue weighted by atomic mass is 35.5. The first-order valence-electron chi connectivity index (χ1n) is 5.01. The summed E-state index contributed by atoms with van der Waals surface area (Å²) in [6.07, 6.45) is 1.70. The lowest BCUT2D eigenvalue weighted by Crippen LogP contribution is -2.28. The second kappa shape index (κ2) is 6.30. The second-order valence-electron chi connectivity index (χ2n) is 3.43. The lowest BCUT2D eigenvalue weighted by Gasteiger charge is -2.07. The smallest absolute Gasteiger partial charge is 0.238 e. The molecule has 1 aromatic rings. The standard InChI is InChI=1S/C12H15ClN2O/c1-3-6-14-8-12(16)15-10-5-4-9(2)11(13)7-10/h3-5,7,14H,1,6,8H2,2H3,(H,15,16). The topological polar surface area (TPSA) is 41.1 Å². The predicted octanol–water partition coefficient (Wildman–Crippen LogP) is 2.36. The highest BCUT2D eigenvalue weighted by molar-refractivity contribution is 6.31. The molecule has 0 unspecified atom stereocenters. The van der Waals surface area contributed by atoms with E-state index in [9.17, 15) is 4.79 Å². The fraction of sp³-hybridized carbons (Fsp3) is 0.250. The van der Waals surface area contributed by atoms with E-state index in [0.717, 1.165) is 5.56 Å². The van der Waals surface area contributed by atoms with Gasteiger partial charge < -0.3 is 10.6 Å². The van der Waals surface area contributed by atoms with Crippen molar-refractivity contribution in [1.29, 1.82) is 0 Å². The van der Waals surface area contributed by atoms with E-state index in [1.54, 1.807) is 12.1 Å². The summed E-state index contributed by atoms with van der Waals surface area (Å²) in [4.78, 5) is 11.4. The lowest BCUT2D eigenvalue weighted by molar-refractivity contribution is -0.115. The minimum Gasteiger partial charge on any atom is -0.325 e. The van der Waals surface area contributed by atoms with Crippen LogP contribution < -0.4 is 10.6 Å². The number of carbonyl (C=O) groups excluding carboxylic acids is 1. The van der Waals surface area contributed by atoms with Gasteiger partial charge in [-0.25, -0.2) is 0 Å². The summed E-state index contributed by atoms with van der Waals surface area (Å²) < 4.78 is 0. The van der Waals surface area contributed by atoms with E-state index in [4.69, 9.17) is 11.6 Å². The Kier molecular flexibility index (Phi) is 5.02. The summed E-state index contributed by atoms with van der Waals surface area (Å²) in [5.41, 5.74) is 1.70. The number of hydrogen-bond acceptors (Lipinski definition) is 2. The molecule has 0 fully saturated rings. The number of halogens is 1. The number of carbonyl (C=O) groups is 1. The third-order valence-corrected chi connectivity index (χ3v) is 2.44. The fourth-order valence-electron chi connectivity index (χ4n) is 1.16. The van der Waals surface area contributed by atoms with Crippen molar-refractivity contribution in [2.24, 2.45) is 0 Å². The van der Waals surface area contributed by atoms with Crippen LogP contribution in [-0.2, 0) is 4.79 Å². The maximum absolute atomic E-state index is 11.4. The highest BCUT2D eigenvalue weighted by Crippen LogP contribution is 2.19. The zero-order chi connectivity index (χ0) is 12.0. The normalized spacial score (nSPS) is 9.88. The molecule has 1 amide bonds. The highest BCUT2D eigenvalue weighted by Gasteiger charge is 2.02. The largest absolute Gasteiger partial charge is 0.325 e. The Labute approximate surface area is 100 Å². The first-order valence-corrected chi connectivity index (χ1v) is 5.39. The van der Waals surface area contributed by atoms with Gasteiger partial charge in [-0.15, -0.1) is 6.58 Å². The molecule has 0 spiro atoms.